The second kappa shape index (κ2) is 21.4. The zero-order valence-electron chi connectivity index (χ0n) is 25.9. The predicted molar refractivity (Wildman–Crippen MR) is 159 cm³/mol. The number of rotatable bonds is 5. The molecule has 0 spiro atoms. The summed E-state index contributed by atoms with van der Waals surface area (Å²) in [6.07, 6.45) is 0.546. The average Bonchev–Trinajstić information content (AvgIpc) is 2.99. The number of phenols is 4. The Kier molecular flexibility index (Phi) is 20.3. The van der Waals surface area contributed by atoms with Gasteiger partial charge in [-0.25, -0.2) is 9.59 Å². The Morgan fingerprint density at radius 2 is 0.851 bits per heavy atom. The van der Waals surface area contributed by atoms with Crippen LogP contribution in [0.3, 0.4) is 0 Å². The van der Waals surface area contributed by atoms with Crippen molar-refractivity contribution in [1.29, 1.82) is 0 Å². The number of carboxylic acid groups (broad SMARTS) is 2. The molecule has 0 bridgehead atoms. The minimum Gasteiger partial charge on any atom is -0.867 e. The summed E-state index contributed by atoms with van der Waals surface area (Å²) in [5, 5.41) is 73.3. The number of benzene rings is 4. The molecule has 14 nitrogen and oxygen atoms in total. The first-order valence-corrected chi connectivity index (χ1v) is 12.7. The Balaban J connectivity index is 0. The van der Waals surface area contributed by atoms with Gasteiger partial charge in [-0.3, -0.25) is 9.59 Å². The maximum Gasteiger partial charge on any atom is 1.00 e. The van der Waals surface area contributed by atoms with E-state index in [0.29, 0.717) is 23.4 Å². The van der Waals surface area contributed by atoms with Crippen LogP contribution >= 0.6 is 0 Å². The van der Waals surface area contributed by atoms with Gasteiger partial charge in [-0.05, 0) is 91.2 Å². The second-order valence-electron chi connectivity index (χ2n) is 8.87. The number of phenolic OH excluding ortho intramolecular Hbond substituents is 4. The number of nitrogen functional groups attached to an aromatic ring is 2. The molecular formula is C31H30N2Na2O12. The van der Waals surface area contributed by atoms with Crippen molar-refractivity contribution in [3.63, 3.8) is 0 Å². The van der Waals surface area contributed by atoms with Crippen LogP contribution in [0.2, 0.25) is 0 Å². The Morgan fingerprint density at radius 3 is 1.09 bits per heavy atom. The van der Waals surface area contributed by atoms with Crippen LogP contribution in [0.15, 0.2) is 72.8 Å². The molecule has 4 rings (SSSR count). The molecule has 0 unspecified atom stereocenters. The largest absolute Gasteiger partial charge is 1.00 e. The minimum atomic E-state index is -1.32. The third-order valence-electron chi connectivity index (χ3n) is 5.46. The van der Waals surface area contributed by atoms with Crippen molar-refractivity contribution < 1.29 is 119 Å². The molecule has 0 saturated carbocycles. The zero-order valence-corrected chi connectivity index (χ0v) is 29.9. The van der Waals surface area contributed by atoms with E-state index in [4.69, 9.17) is 42.1 Å². The molecule has 0 aromatic heterocycles. The van der Waals surface area contributed by atoms with E-state index in [-0.39, 0.29) is 81.8 Å². The SMILES string of the molecule is CC(=O)c1ccc(N)cc1.CCC(=O)c1ccc(N)cc1.O=C(O)c1cc(O)c([O-])c(O)c1.O=C(O)c1cc(O)c([O-])c(O)c1.[Na+].[Na+]. The molecule has 0 aliphatic heterocycles. The molecule has 0 fully saturated rings. The van der Waals surface area contributed by atoms with E-state index in [1.807, 2.05) is 6.92 Å². The summed E-state index contributed by atoms with van der Waals surface area (Å²) in [6.45, 7) is 3.38. The van der Waals surface area contributed by atoms with Crippen LogP contribution in [-0.4, -0.2) is 54.1 Å². The van der Waals surface area contributed by atoms with Crippen molar-refractivity contribution in [3.8, 4) is 34.5 Å². The first-order chi connectivity index (χ1) is 21.0. The Morgan fingerprint density at radius 1 is 0.574 bits per heavy atom. The number of nitrogens with two attached hydrogens (primary N) is 2. The predicted octanol–water partition coefficient (Wildman–Crippen LogP) is -2.92. The van der Waals surface area contributed by atoms with Gasteiger partial charge in [-0.15, -0.1) is 0 Å². The van der Waals surface area contributed by atoms with Gasteiger partial charge in [0.15, 0.2) is 11.6 Å². The van der Waals surface area contributed by atoms with Crippen molar-refractivity contribution in [2.75, 3.05) is 11.5 Å². The van der Waals surface area contributed by atoms with Gasteiger partial charge in [0.25, 0.3) is 0 Å². The van der Waals surface area contributed by atoms with E-state index in [9.17, 15) is 29.4 Å². The number of anilines is 2. The quantitative estimate of drug-likeness (QED) is 0.0601. The maximum atomic E-state index is 11.1. The molecule has 0 atom stereocenters. The fraction of sp³-hybridized carbons (Fsp3) is 0.0968. The monoisotopic (exact) mass is 668 g/mol. The summed E-state index contributed by atoms with van der Waals surface area (Å²) in [7, 11) is 0. The summed E-state index contributed by atoms with van der Waals surface area (Å²) < 4.78 is 0. The summed E-state index contributed by atoms with van der Waals surface area (Å²) in [5.74, 6) is -7.44. The van der Waals surface area contributed by atoms with Crippen molar-refractivity contribution in [1.82, 2.24) is 0 Å². The van der Waals surface area contributed by atoms with Crippen LogP contribution < -0.4 is 80.8 Å². The van der Waals surface area contributed by atoms with Crippen LogP contribution in [0, 0.1) is 0 Å². The van der Waals surface area contributed by atoms with E-state index < -0.39 is 46.4 Å². The van der Waals surface area contributed by atoms with Crippen molar-refractivity contribution in [2.45, 2.75) is 20.3 Å². The van der Waals surface area contributed by atoms with E-state index in [1.165, 1.54) is 6.92 Å². The van der Waals surface area contributed by atoms with Gasteiger partial charge < -0.3 is 52.3 Å². The second-order valence-corrected chi connectivity index (χ2v) is 8.87. The molecule has 4 aromatic carbocycles. The van der Waals surface area contributed by atoms with Crippen LogP contribution in [0.4, 0.5) is 11.4 Å². The molecular weight excluding hydrogens is 638 g/mol. The third kappa shape index (κ3) is 15.1. The minimum absolute atomic E-state index is 0. The summed E-state index contributed by atoms with van der Waals surface area (Å²) in [4.78, 5) is 42.4. The summed E-state index contributed by atoms with van der Waals surface area (Å²) in [6, 6.07) is 17.0. The van der Waals surface area contributed by atoms with Crippen molar-refractivity contribution >= 4 is 34.9 Å². The molecule has 0 radical (unpaired) electrons. The molecule has 4 aromatic rings. The number of hydrogen-bond donors (Lipinski definition) is 8. The van der Waals surface area contributed by atoms with E-state index in [2.05, 4.69) is 0 Å². The van der Waals surface area contributed by atoms with Gasteiger partial charge in [-0.2, -0.15) is 0 Å². The molecule has 47 heavy (non-hydrogen) atoms. The zero-order chi connectivity index (χ0) is 34.4. The molecule has 0 amide bonds. The van der Waals surface area contributed by atoms with E-state index >= 15 is 0 Å². The van der Waals surface area contributed by atoms with Crippen molar-refractivity contribution in [3.05, 3.63) is 95.1 Å². The molecule has 16 heteroatoms. The van der Waals surface area contributed by atoms with Gasteiger partial charge in [0, 0.05) is 28.9 Å². The normalized spacial score (nSPS) is 9.15. The first-order valence-electron chi connectivity index (χ1n) is 12.7. The molecule has 238 valence electrons. The van der Waals surface area contributed by atoms with Crippen LogP contribution in [-0.2, 0) is 0 Å². The number of Topliss-reactive ketones (excluding diaryl/α,β-unsaturated/α-hetero) is 2. The van der Waals surface area contributed by atoms with Crippen LogP contribution in [0.5, 0.6) is 34.5 Å². The molecule has 0 heterocycles. The number of aromatic hydroxyl groups is 4. The van der Waals surface area contributed by atoms with Gasteiger partial charge in [0.05, 0.1) is 11.1 Å². The number of aromatic carboxylic acids is 2. The van der Waals surface area contributed by atoms with E-state index in [1.54, 1.807) is 48.5 Å². The van der Waals surface area contributed by atoms with E-state index in [0.717, 1.165) is 29.8 Å². The fourth-order valence-corrected chi connectivity index (χ4v) is 3.04. The van der Waals surface area contributed by atoms with Gasteiger partial charge in [0.2, 0.25) is 0 Å². The average molecular weight is 669 g/mol. The Bertz CT molecular complexity index is 1550. The van der Waals surface area contributed by atoms with Crippen LogP contribution in [0.1, 0.15) is 61.7 Å². The summed E-state index contributed by atoms with van der Waals surface area (Å²) in [5.41, 5.74) is 13.0. The number of carbonyl (C=O) groups excluding carboxylic acids is 2. The topological polar surface area (TPSA) is 288 Å². The van der Waals surface area contributed by atoms with Gasteiger partial charge in [-0.1, -0.05) is 6.92 Å². The van der Waals surface area contributed by atoms with Crippen molar-refractivity contribution in [2.24, 2.45) is 0 Å². The van der Waals surface area contributed by atoms with Gasteiger partial charge in [0.1, 0.15) is 23.0 Å². The molecule has 10 N–H and O–H groups in total. The summed E-state index contributed by atoms with van der Waals surface area (Å²) >= 11 is 0. The van der Waals surface area contributed by atoms with Crippen LogP contribution in [0.25, 0.3) is 0 Å². The number of carbonyl (C=O) groups is 4. The standard InChI is InChI=1S/C9H11NO.C8H9NO.2C7H6O5.2Na/c1-2-9(11)7-3-5-8(10)6-4-7;1-6(10)7-2-4-8(9)5-3-7;2*8-4-1-3(7(11)12)2-5(9)6(4)10;;/h3-6H,2,10H2,1H3;2-5H,9H2,1H3;2*1-2,8-10H,(H,11,12);;/q;;;;2*+1/p-2. The molecule has 0 aliphatic rings. The molecule has 0 aliphatic carbocycles. The third-order valence-corrected chi connectivity index (χ3v) is 5.46. The Labute approximate surface area is 313 Å². The number of hydrogen-bond acceptors (Lipinski definition) is 12. The smallest absolute Gasteiger partial charge is 0.867 e. The number of carboxylic acids is 2. The Hall–Kier alpha value is -4.44. The number of ketones is 2. The van der Waals surface area contributed by atoms with Gasteiger partial charge >= 0.3 is 71.1 Å². The maximum absolute atomic E-state index is 11.1. The first kappa shape index (κ1) is 44.7. The fourth-order valence-electron chi connectivity index (χ4n) is 3.04. The molecule has 0 saturated heterocycles.